The van der Waals surface area contributed by atoms with Gasteiger partial charge in [0, 0.05) is 55.2 Å². The van der Waals surface area contributed by atoms with Crippen molar-refractivity contribution in [2.75, 3.05) is 96.0 Å². The standard InChI is InChI=1S/C24H29F3N8O.C21H22F3N7O2/c1-14(15-9-16(24(25,26)27)11-17(28)10-15)31-22-18-12-20(35-7-3-4-8-35)30-13-19(18)32-23(34-22)33-21(36)5-6-29-2;1-11(12-5-13(21(22,23)24)7-14(25)6-12)28-19-15-8-17(31-3-4-33-10-18(31)32)27-9-16(15)29-20(26-2)30-19/h9-14,29H,3-8,28H2,1-2H3,(H2,31,32,33,34,36);5-9,11H,3-4,10,25H2,1-2H3,(H2,26,28,29,30). The van der Waals surface area contributed by atoms with E-state index in [2.05, 4.69) is 61.4 Å². The van der Waals surface area contributed by atoms with Crippen LogP contribution in [0.2, 0.25) is 0 Å². The topological polar surface area (TPSA) is 239 Å². The number of carbonyl (C=O) groups excluding carboxylic acids is 2. The van der Waals surface area contributed by atoms with Crippen molar-refractivity contribution in [2.24, 2.45) is 0 Å². The summed E-state index contributed by atoms with van der Waals surface area (Å²) < 4.78 is 84.9. The zero-order valence-electron chi connectivity index (χ0n) is 38.0. The van der Waals surface area contributed by atoms with Crippen LogP contribution in [0.3, 0.4) is 0 Å². The van der Waals surface area contributed by atoms with E-state index in [0.717, 1.165) is 56.0 Å². The van der Waals surface area contributed by atoms with E-state index in [1.807, 2.05) is 6.07 Å². The van der Waals surface area contributed by atoms with Crippen LogP contribution in [0.15, 0.2) is 60.9 Å². The van der Waals surface area contributed by atoms with E-state index >= 15 is 0 Å². The summed E-state index contributed by atoms with van der Waals surface area (Å²) in [5.41, 5.74) is 11.5. The number of anilines is 8. The average molecular weight is 964 g/mol. The highest BCUT2D eigenvalue weighted by atomic mass is 19.4. The highest BCUT2D eigenvalue weighted by Crippen LogP contribution is 2.37. The van der Waals surface area contributed by atoms with Gasteiger partial charge in [-0.3, -0.25) is 19.8 Å². The molecule has 6 heterocycles. The molecular weight excluding hydrogens is 913 g/mol. The minimum atomic E-state index is -4.52. The van der Waals surface area contributed by atoms with Crippen LogP contribution in [-0.2, 0) is 26.7 Å². The molecule has 0 aliphatic carbocycles. The molecule has 366 valence electrons. The molecule has 0 saturated carbocycles. The number of nitrogen functional groups attached to an aromatic ring is 2. The number of rotatable bonds is 13. The summed E-state index contributed by atoms with van der Waals surface area (Å²) in [6.07, 6.45) is -3.52. The number of nitrogens with one attached hydrogen (secondary N) is 5. The summed E-state index contributed by atoms with van der Waals surface area (Å²) in [6.45, 7) is 6.40. The first kappa shape index (κ1) is 49.6. The number of hydrogen-bond acceptors (Lipinski definition) is 16. The molecule has 69 heavy (non-hydrogen) atoms. The minimum absolute atomic E-state index is 0.00857. The number of pyridine rings is 2. The Morgan fingerprint density at radius 3 is 1.77 bits per heavy atom. The molecule has 2 amide bonds. The number of morpholine rings is 1. The van der Waals surface area contributed by atoms with Gasteiger partial charge >= 0.3 is 12.4 Å². The van der Waals surface area contributed by atoms with Gasteiger partial charge in [-0.05, 0) is 93.4 Å². The zero-order valence-corrected chi connectivity index (χ0v) is 38.0. The molecule has 24 heteroatoms. The quantitative estimate of drug-likeness (QED) is 0.0449. The van der Waals surface area contributed by atoms with Crippen LogP contribution in [0.5, 0.6) is 0 Å². The number of alkyl halides is 6. The van der Waals surface area contributed by atoms with Gasteiger partial charge in [0.05, 0.1) is 59.8 Å². The third kappa shape index (κ3) is 12.2. The Kier molecular flexibility index (Phi) is 15.0. The fourth-order valence-electron chi connectivity index (χ4n) is 7.64. The fraction of sp³-hybridized carbons (Fsp3) is 0.378. The highest BCUT2D eigenvalue weighted by molar-refractivity contribution is 5.98. The number of nitrogens with two attached hydrogens (primary N) is 2. The molecule has 0 spiro atoms. The molecule has 2 atom stereocenters. The zero-order chi connectivity index (χ0) is 49.6. The van der Waals surface area contributed by atoms with Crippen LogP contribution >= 0.6 is 0 Å². The van der Waals surface area contributed by atoms with Crippen molar-refractivity contribution in [1.29, 1.82) is 0 Å². The van der Waals surface area contributed by atoms with Crippen LogP contribution in [-0.4, -0.2) is 95.2 Å². The lowest BCUT2D eigenvalue weighted by atomic mass is 10.0. The van der Waals surface area contributed by atoms with Crippen molar-refractivity contribution < 1.29 is 40.7 Å². The van der Waals surface area contributed by atoms with Crippen LogP contribution in [0.4, 0.5) is 72.9 Å². The molecular formula is C45H51F6N15O3. The summed E-state index contributed by atoms with van der Waals surface area (Å²) >= 11 is 0. The summed E-state index contributed by atoms with van der Waals surface area (Å²) in [6, 6.07) is 9.28. The van der Waals surface area contributed by atoms with Gasteiger partial charge < -0.3 is 42.4 Å². The molecule has 0 radical (unpaired) electrons. The van der Waals surface area contributed by atoms with Crippen molar-refractivity contribution in [3.63, 3.8) is 0 Å². The molecule has 2 unspecified atom stereocenters. The number of halogens is 6. The van der Waals surface area contributed by atoms with Crippen LogP contribution in [0.1, 0.15) is 67.4 Å². The number of nitrogens with zero attached hydrogens (tertiary/aromatic N) is 8. The first-order valence-corrected chi connectivity index (χ1v) is 21.9. The average Bonchev–Trinajstić information content (AvgIpc) is 3.85. The fourth-order valence-corrected chi connectivity index (χ4v) is 7.64. The molecule has 2 saturated heterocycles. The Hall–Kier alpha value is -7.34. The van der Waals surface area contributed by atoms with Gasteiger partial charge in [0.15, 0.2) is 0 Å². The predicted molar refractivity (Wildman–Crippen MR) is 252 cm³/mol. The highest BCUT2D eigenvalue weighted by Gasteiger charge is 2.33. The summed E-state index contributed by atoms with van der Waals surface area (Å²) in [5, 5.41) is 16.0. The van der Waals surface area contributed by atoms with E-state index in [-0.39, 0.29) is 42.2 Å². The van der Waals surface area contributed by atoms with Gasteiger partial charge in [-0.1, -0.05) is 0 Å². The lowest BCUT2D eigenvalue weighted by Crippen LogP contribution is -2.42. The minimum Gasteiger partial charge on any atom is -0.399 e. The van der Waals surface area contributed by atoms with E-state index in [1.54, 1.807) is 40.2 Å². The second-order valence-electron chi connectivity index (χ2n) is 16.4. The monoisotopic (exact) mass is 963 g/mol. The lowest BCUT2D eigenvalue weighted by Gasteiger charge is -2.26. The Labute approximate surface area is 392 Å². The summed E-state index contributed by atoms with van der Waals surface area (Å²) in [5.74, 6) is 1.82. The van der Waals surface area contributed by atoms with Crippen LogP contribution in [0, 0.1) is 0 Å². The van der Waals surface area contributed by atoms with Gasteiger partial charge in [-0.2, -0.15) is 36.3 Å². The molecule has 2 aliphatic rings. The Bertz CT molecular complexity index is 2830. The molecule has 4 aromatic heterocycles. The number of benzene rings is 2. The number of aromatic nitrogens is 6. The van der Waals surface area contributed by atoms with Crippen molar-refractivity contribution in [3.05, 3.63) is 83.2 Å². The second kappa shape index (κ2) is 20.9. The maximum absolute atomic E-state index is 13.3. The molecule has 6 aromatic rings. The Morgan fingerprint density at radius 2 is 1.25 bits per heavy atom. The summed E-state index contributed by atoms with van der Waals surface area (Å²) in [4.78, 5) is 54.8. The lowest BCUT2D eigenvalue weighted by molar-refractivity contribution is -0.138. The van der Waals surface area contributed by atoms with Crippen LogP contribution < -0.4 is 47.9 Å². The first-order valence-electron chi connectivity index (χ1n) is 21.9. The van der Waals surface area contributed by atoms with E-state index in [9.17, 15) is 35.9 Å². The second-order valence-corrected chi connectivity index (χ2v) is 16.4. The van der Waals surface area contributed by atoms with Crippen LogP contribution in [0.25, 0.3) is 21.8 Å². The molecule has 0 bridgehead atoms. The normalized spacial score (nSPS) is 15.1. The van der Waals surface area contributed by atoms with Crippen molar-refractivity contribution in [1.82, 2.24) is 35.2 Å². The third-order valence-corrected chi connectivity index (χ3v) is 11.2. The molecule has 9 N–H and O–H groups in total. The van der Waals surface area contributed by atoms with Crippen molar-refractivity contribution in [3.8, 4) is 0 Å². The van der Waals surface area contributed by atoms with Crippen molar-refractivity contribution >= 4 is 80.2 Å². The first-order chi connectivity index (χ1) is 32.8. The van der Waals surface area contributed by atoms with E-state index in [0.29, 0.717) is 76.0 Å². The van der Waals surface area contributed by atoms with E-state index < -0.39 is 35.6 Å². The third-order valence-electron chi connectivity index (χ3n) is 11.2. The SMILES string of the molecule is CNCCC(=O)Nc1nc(NC(C)c2cc(N)cc(C(F)(F)F)c2)c2cc(N3CCCC3)ncc2n1.CNc1nc(NC(C)c2cc(N)cc(C(F)(F)F)c2)c2cc(N3CCOCC3=O)ncc2n1. The Balaban J connectivity index is 0.000000205. The van der Waals surface area contributed by atoms with Gasteiger partial charge in [-0.15, -0.1) is 0 Å². The Morgan fingerprint density at radius 1 is 0.725 bits per heavy atom. The number of fused-ring (bicyclic) bond motifs is 2. The van der Waals surface area contributed by atoms with E-state index in [1.165, 1.54) is 23.2 Å². The number of amides is 2. The maximum atomic E-state index is 13.3. The molecule has 8 rings (SSSR count). The number of hydrogen-bond donors (Lipinski definition) is 7. The van der Waals surface area contributed by atoms with Gasteiger partial charge in [-0.25, -0.2) is 19.9 Å². The maximum Gasteiger partial charge on any atom is 0.416 e. The van der Waals surface area contributed by atoms with Gasteiger partial charge in [0.1, 0.15) is 29.9 Å². The summed E-state index contributed by atoms with van der Waals surface area (Å²) in [7, 11) is 3.39. The molecule has 18 nitrogen and oxygen atoms in total. The predicted octanol–water partition coefficient (Wildman–Crippen LogP) is 7.15. The number of ether oxygens (including phenoxy) is 1. The van der Waals surface area contributed by atoms with Gasteiger partial charge in [0.2, 0.25) is 17.8 Å². The smallest absolute Gasteiger partial charge is 0.399 e. The molecule has 2 aliphatic heterocycles. The van der Waals surface area contributed by atoms with Gasteiger partial charge in [0.25, 0.3) is 5.91 Å². The van der Waals surface area contributed by atoms with E-state index in [4.69, 9.17) is 16.2 Å². The molecule has 2 fully saturated rings. The number of carbonyl (C=O) groups is 2. The largest absolute Gasteiger partial charge is 0.416 e. The molecule has 2 aromatic carbocycles. The van der Waals surface area contributed by atoms with Crippen molar-refractivity contribution in [2.45, 2.75) is 57.5 Å².